The highest BCUT2D eigenvalue weighted by molar-refractivity contribution is 5.85. The normalized spacial score (nSPS) is 18.5. The van der Waals surface area contributed by atoms with Gasteiger partial charge in [-0.15, -0.1) is 12.4 Å². The Bertz CT molecular complexity index is 609. The number of halogens is 4. The van der Waals surface area contributed by atoms with Crippen LogP contribution in [0.4, 0.5) is 13.2 Å². The summed E-state index contributed by atoms with van der Waals surface area (Å²) >= 11 is 0. The first-order chi connectivity index (χ1) is 9.54. The predicted molar refractivity (Wildman–Crippen MR) is 72.0 cm³/mol. The van der Waals surface area contributed by atoms with Crippen LogP contribution >= 0.6 is 12.4 Å². The van der Waals surface area contributed by atoms with Gasteiger partial charge in [0.15, 0.2) is 0 Å². The van der Waals surface area contributed by atoms with Crippen molar-refractivity contribution in [3.8, 4) is 11.4 Å². The molecule has 0 saturated carbocycles. The summed E-state index contributed by atoms with van der Waals surface area (Å²) in [6, 6.07) is 4.91. The van der Waals surface area contributed by atoms with Crippen LogP contribution in [0.2, 0.25) is 0 Å². The average molecular weight is 320 g/mol. The number of aromatic nitrogens is 2. The van der Waals surface area contributed by atoms with Crippen molar-refractivity contribution in [2.75, 3.05) is 6.54 Å². The summed E-state index contributed by atoms with van der Waals surface area (Å²) in [5.41, 5.74) is -0.423. The maximum atomic E-state index is 12.7. The number of nitrogens with one attached hydrogen (secondary N) is 1. The van der Waals surface area contributed by atoms with Crippen LogP contribution in [0.1, 0.15) is 30.3 Å². The molecule has 3 rings (SSSR count). The van der Waals surface area contributed by atoms with Crippen molar-refractivity contribution in [1.82, 2.24) is 15.5 Å². The van der Waals surface area contributed by atoms with Crippen LogP contribution in [0.15, 0.2) is 28.8 Å². The zero-order chi connectivity index (χ0) is 14.2. The van der Waals surface area contributed by atoms with Crippen molar-refractivity contribution in [3.63, 3.8) is 0 Å². The molecule has 2 heterocycles. The second-order valence-corrected chi connectivity index (χ2v) is 4.68. The van der Waals surface area contributed by atoms with Gasteiger partial charge in [-0.05, 0) is 31.5 Å². The molecule has 1 atom stereocenters. The third kappa shape index (κ3) is 3.36. The standard InChI is InChI=1S/C13H12F3N3O.ClH/c14-13(15,16)9-4-1-3-8(7-9)11-18-12(20-19-11)10-5-2-6-17-10;/h1,3-4,7,10,17H,2,5-6H2;1H. The van der Waals surface area contributed by atoms with Crippen LogP contribution in [-0.2, 0) is 6.18 Å². The second kappa shape index (κ2) is 6.03. The van der Waals surface area contributed by atoms with E-state index >= 15 is 0 Å². The zero-order valence-electron chi connectivity index (χ0n) is 10.9. The van der Waals surface area contributed by atoms with Gasteiger partial charge in [-0.1, -0.05) is 17.3 Å². The highest BCUT2D eigenvalue weighted by Gasteiger charge is 2.31. The van der Waals surface area contributed by atoms with Gasteiger partial charge in [-0.25, -0.2) is 0 Å². The van der Waals surface area contributed by atoms with E-state index in [1.54, 1.807) is 0 Å². The predicted octanol–water partition coefficient (Wildman–Crippen LogP) is 3.60. The molecule has 1 aliphatic heterocycles. The molecule has 0 aliphatic carbocycles. The minimum atomic E-state index is -4.38. The lowest BCUT2D eigenvalue weighted by molar-refractivity contribution is -0.137. The molecule has 0 amide bonds. The van der Waals surface area contributed by atoms with Gasteiger partial charge >= 0.3 is 6.18 Å². The number of hydrogen-bond donors (Lipinski definition) is 1. The third-order valence-corrected chi connectivity index (χ3v) is 3.25. The Morgan fingerprint density at radius 1 is 1.29 bits per heavy atom. The summed E-state index contributed by atoms with van der Waals surface area (Å²) in [5, 5.41) is 6.96. The molecule has 1 fully saturated rings. The molecule has 0 spiro atoms. The van der Waals surface area contributed by atoms with Gasteiger partial charge in [-0.2, -0.15) is 18.2 Å². The first-order valence-electron chi connectivity index (χ1n) is 6.28. The molecule has 114 valence electrons. The molecule has 0 radical (unpaired) electrons. The molecule has 1 aliphatic rings. The van der Waals surface area contributed by atoms with Crippen molar-refractivity contribution in [2.24, 2.45) is 0 Å². The summed E-state index contributed by atoms with van der Waals surface area (Å²) in [5.74, 6) is 0.606. The smallest absolute Gasteiger partial charge is 0.337 e. The van der Waals surface area contributed by atoms with Crippen LogP contribution in [0.3, 0.4) is 0 Å². The molecule has 1 aromatic carbocycles. The minimum absolute atomic E-state index is 0. The van der Waals surface area contributed by atoms with E-state index in [2.05, 4.69) is 15.5 Å². The second-order valence-electron chi connectivity index (χ2n) is 4.68. The number of rotatable bonds is 2. The Morgan fingerprint density at radius 2 is 2.10 bits per heavy atom. The fraction of sp³-hybridized carbons (Fsp3) is 0.385. The SMILES string of the molecule is Cl.FC(F)(F)c1cccc(-c2noc(C3CCCN3)n2)c1. The Labute approximate surface area is 125 Å². The largest absolute Gasteiger partial charge is 0.416 e. The lowest BCUT2D eigenvalue weighted by Gasteiger charge is -2.06. The fourth-order valence-electron chi connectivity index (χ4n) is 2.22. The van der Waals surface area contributed by atoms with Crippen LogP contribution in [0.25, 0.3) is 11.4 Å². The van der Waals surface area contributed by atoms with Crippen molar-refractivity contribution < 1.29 is 17.7 Å². The molecule has 1 N–H and O–H groups in total. The number of benzene rings is 1. The number of nitrogens with zero attached hydrogens (tertiary/aromatic N) is 2. The Balaban J connectivity index is 0.00000161. The van der Waals surface area contributed by atoms with E-state index < -0.39 is 11.7 Å². The van der Waals surface area contributed by atoms with Crippen LogP contribution in [0, 0.1) is 0 Å². The lowest BCUT2D eigenvalue weighted by atomic mass is 10.1. The van der Waals surface area contributed by atoms with Crippen LogP contribution in [0.5, 0.6) is 0 Å². The van der Waals surface area contributed by atoms with Gasteiger partial charge in [0.25, 0.3) is 0 Å². The molecule has 2 aromatic rings. The Hall–Kier alpha value is -1.60. The van der Waals surface area contributed by atoms with Crippen molar-refractivity contribution in [2.45, 2.75) is 25.1 Å². The van der Waals surface area contributed by atoms with E-state index in [9.17, 15) is 13.2 Å². The molecular formula is C13H13ClF3N3O. The van der Waals surface area contributed by atoms with E-state index in [0.717, 1.165) is 31.5 Å². The lowest BCUT2D eigenvalue weighted by Crippen LogP contribution is -2.12. The van der Waals surface area contributed by atoms with Gasteiger partial charge in [0.2, 0.25) is 11.7 Å². The van der Waals surface area contributed by atoms with Gasteiger partial charge in [0, 0.05) is 5.56 Å². The number of hydrogen-bond acceptors (Lipinski definition) is 4. The van der Waals surface area contributed by atoms with Gasteiger partial charge in [0.1, 0.15) is 0 Å². The third-order valence-electron chi connectivity index (χ3n) is 3.25. The van der Waals surface area contributed by atoms with Crippen molar-refractivity contribution in [1.29, 1.82) is 0 Å². The molecule has 1 aromatic heterocycles. The van der Waals surface area contributed by atoms with Crippen molar-refractivity contribution in [3.05, 3.63) is 35.7 Å². The van der Waals surface area contributed by atoms with Crippen LogP contribution in [-0.4, -0.2) is 16.7 Å². The molecular weight excluding hydrogens is 307 g/mol. The Morgan fingerprint density at radius 3 is 2.76 bits per heavy atom. The van der Waals surface area contributed by atoms with Crippen LogP contribution < -0.4 is 5.32 Å². The maximum absolute atomic E-state index is 12.7. The number of alkyl halides is 3. The maximum Gasteiger partial charge on any atom is 0.416 e. The van der Waals surface area contributed by atoms with Crippen molar-refractivity contribution >= 4 is 12.4 Å². The van der Waals surface area contributed by atoms with E-state index in [-0.39, 0.29) is 24.3 Å². The van der Waals surface area contributed by atoms with E-state index in [1.165, 1.54) is 12.1 Å². The average Bonchev–Trinajstić information content (AvgIpc) is 3.09. The summed E-state index contributed by atoms with van der Waals surface area (Å²) in [6.45, 7) is 0.881. The summed E-state index contributed by atoms with van der Waals surface area (Å²) in [7, 11) is 0. The monoisotopic (exact) mass is 319 g/mol. The fourth-order valence-corrected chi connectivity index (χ4v) is 2.22. The van der Waals surface area contributed by atoms with E-state index in [0.29, 0.717) is 11.5 Å². The van der Waals surface area contributed by atoms with E-state index in [4.69, 9.17) is 4.52 Å². The van der Waals surface area contributed by atoms with Gasteiger partial charge in [-0.3, -0.25) is 0 Å². The molecule has 21 heavy (non-hydrogen) atoms. The Kier molecular flexibility index (Phi) is 4.53. The quantitative estimate of drug-likeness (QED) is 0.919. The minimum Gasteiger partial charge on any atom is -0.337 e. The summed E-state index contributed by atoms with van der Waals surface area (Å²) in [4.78, 5) is 4.18. The molecule has 4 nitrogen and oxygen atoms in total. The van der Waals surface area contributed by atoms with Gasteiger partial charge in [0.05, 0.1) is 11.6 Å². The molecule has 0 bridgehead atoms. The molecule has 1 saturated heterocycles. The van der Waals surface area contributed by atoms with E-state index in [1.807, 2.05) is 0 Å². The summed E-state index contributed by atoms with van der Waals surface area (Å²) in [6.07, 6.45) is -2.47. The zero-order valence-corrected chi connectivity index (χ0v) is 11.7. The topological polar surface area (TPSA) is 51.0 Å². The highest BCUT2D eigenvalue weighted by atomic mass is 35.5. The first kappa shape index (κ1) is 15.8. The first-order valence-corrected chi connectivity index (χ1v) is 6.28. The van der Waals surface area contributed by atoms with Gasteiger partial charge < -0.3 is 9.84 Å². The summed E-state index contributed by atoms with van der Waals surface area (Å²) < 4.78 is 43.1. The molecule has 1 unspecified atom stereocenters. The highest BCUT2D eigenvalue weighted by Crippen LogP contribution is 2.32. The molecule has 8 heteroatoms.